The third-order valence-corrected chi connectivity index (χ3v) is 4.71. The van der Waals surface area contributed by atoms with E-state index in [1.165, 1.54) is 0 Å². The van der Waals surface area contributed by atoms with Gasteiger partial charge in [-0.05, 0) is 57.0 Å². The minimum Gasteiger partial charge on any atom is -0.455 e. The Morgan fingerprint density at radius 1 is 1.12 bits per heavy atom. The fourth-order valence-electron chi connectivity index (χ4n) is 3.32. The van der Waals surface area contributed by atoms with Crippen LogP contribution in [0.4, 0.5) is 5.69 Å². The molecule has 0 atom stereocenters. The van der Waals surface area contributed by atoms with Crippen molar-refractivity contribution >= 4 is 28.3 Å². The molecule has 138 valence electrons. The second-order valence-corrected chi connectivity index (χ2v) is 7.89. The second-order valence-electron chi connectivity index (χ2n) is 7.48. The molecule has 0 saturated carbocycles. The highest BCUT2D eigenvalue weighted by molar-refractivity contribution is 6.32. The summed E-state index contributed by atoms with van der Waals surface area (Å²) in [4.78, 5) is 4.77. The largest absolute Gasteiger partial charge is 0.455 e. The average Bonchev–Trinajstić information content (AvgIpc) is 2.95. The highest BCUT2D eigenvalue weighted by Gasteiger charge is 2.21. The van der Waals surface area contributed by atoms with Crippen LogP contribution in [0.5, 0.6) is 11.5 Å². The maximum atomic E-state index is 6.39. The fraction of sp³-hybridized carbons (Fsp3) is 0.381. The van der Waals surface area contributed by atoms with Crippen LogP contribution in [0, 0.1) is 0 Å². The van der Waals surface area contributed by atoms with Crippen LogP contribution in [0.1, 0.15) is 46.0 Å². The summed E-state index contributed by atoms with van der Waals surface area (Å²) in [5.74, 6) is 2.48. The molecule has 2 aromatic carbocycles. The number of benzene rings is 2. The Labute approximate surface area is 159 Å². The number of hydrogen-bond donors (Lipinski definition) is 1. The van der Waals surface area contributed by atoms with Crippen molar-refractivity contribution < 1.29 is 4.74 Å². The molecule has 0 unspecified atom stereocenters. The molecule has 0 radical (unpaired) electrons. The molecule has 0 spiro atoms. The number of anilines is 1. The van der Waals surface area contributed by atoms with Crippen LogP contribution in [0.15, 0.2) is 30.3 Å². The van der Waals surface area contributed by atoms with E-state index in [0.717, 1.165) is 41.0 Å². The molecule has 2 N–H and O–H groups in total. The molecule has 0 aliphatic carbocycles. The zero-order valence-corrected chi connectivity index (χ0v) is 16.8. The van der Waals surface area contributed by atoms with Crippen molar-refractivity contribution in [2.75, 3.05) is 5.73 Å². The molecule has 3 aromatic rings. The Morgan fingerprint density at radius 2 is 1.85 bits per heavy atom. The van der Waals surface area contributed by atoms with Gasteiger partial charge in [-0.3, -0.25) is 0 Å². The van der Waals surface area contributed by atoms with Gasteiger partial charge in [0.1, 0.15) is 17.3 Å². The quantitative estimate of drug-likeness (QED) is 0.577. The van der Waals surface area contributed by atoms with E-state index in [9.17, 15) is 0 Å². The summed E-state index contributed by atoms with van der Waals surface area (Å²) in [7, 11) is 0. The Hall–Kier alpha value is -2.20. The lowest BCUT2D eigenvalue weighted by atomic mass is 10.1. The predicted molar refractivity (Wildman–Crippen MR) is 109 cm³/mol. The maximum absolute atomic E-state index is 6.39. The van der Waals surface area contributed by atoms with E-state index in [2.05, 4.69) is 39.2 Å². The molecule has 3 rings (SSSR count). The molecule has 0 saturated heterocycles. The summed E-state index contributed by atoms with van der Waals surface area (Å²) in [6, 6.07) is 9.62. The molecule has 0 amide bonds. The Balaban J connectivity index is 2.11. The Bertz CT molecular complexity index is 954. The van der Waals surface area contributed by atoms with Crippen LogP contribution in [0.3, 0.4) is 0 Å². The number of halogens is 1. The van der Waals surface area contributed by atoms with Gasteiger partial charge in [-0.2, -0.15) is 0 Å². The molecule has 0 aliphatic rings. The predicted octanol–water partition coefficient (Wildman–Crippen LogP) is 5.94. The highest BCUT2D eigenvalue weighted by Crippen LogP contribution is 2.37. The Morgan fingerprint density at radius 3 is 2.46 bits per heavy atom. The number of hydrogen-bond acceptors (Lipinski definition) is 3. The first kappa shape index (κ1) is 18.6. The second kappa shape index (κ2) is 6.84. The molecule has 1 aromatic heterocycles. The third-order valence-electron chi connectivity index (χ3n) is 4.43. The molecule has 4 nitrogen and oxygen atoms in total. The van der Waals surface area contributed by atoms with E-state index in [1.54, 1.807) is 6.07 Å². The van der Waals surface area contributed by atoms with Gasteiger partial charge in [-0.25, -0.2) is 4.98 Å². The smallest absolute Gasteiger partial charge is 0.149 e. The highest BCUT2D eigenvalue weighted by atomic mass is 35.5. The number of nitrogens with zero attached hydrogens (tertiary/aromatic N) is 2. The van der Waals surface area contributed by atoms with E-state index in [1.807, 2.05) is 24.3 Å². The number of nitrogens with two attached hydrogens (primary N) is 1. The summed E-state index contributed by atoms with van der Waals surface area (Å²) in [5.41, 5.74) is 9.52. The van der Waals surface area contributed by atoms with Crippen LogP contribution < -0.4 is 10.5 Å². The topological polar surface area (TPSA) is 53.1 Å². The first-order valence-electron chi connectivity index (χ1n) is 9.02. The van der Waals surface area contributed by atoms with Gasteiger partial charge in [0.25, 0.3) is 0 Å². The SMILES string of the molecule is CCc1cc(N)cc(Cl)c1Oc1ccc2nc(CC)n(C(C)(C)C)c2c1. The summed E-state index contributed by atoms with van der Waals surface area (Å²) >= 11 is 6.39. The van der Waals surface area contributed by atoms with Gasteiger partial charge >= 0.3 is 0 Å². The van der Waals surface area contributed by atoms with Crippen molar-refractivity contribution in [2.24, 2.45) is 0 Å². The number of imidazole rings is 1. The molecule has 5 heteroatoms. The summed E-state index contributed by atoms with van der Waals surface area (Å²) in [6.45, 7) is 10.7. The van der Waals surface area contributed by atoms with Crippen molar-refractivity contribution in [3.8, 4) is 11.5 Å². The lowest BCUT2D eigenvalue weighted by Crippen LogP contribution is -2.23. The Kier molecular flexibility index (Phi) is 4.89. The van der Waals surface area contributed by atoms with Crippen LogP contribution >= 0.6 is 11.6 Å². The number of nitrogen functional groups attached to an aromatic ring is 1. The molecule has 0 bridgehead atoms. The van der Waals surface area contributed by atoms with E-state index in [0.29, 0.717) is 16.5 Å². The lowest BCUT2D eigenvalue weighted by Gasteiger charge is -2.24. The third kappa shape index (κ3) is 3.38. The van der Waals surface area contributed by atoms with Crippen molar-refractivity contribution in [1.29, 1.82) is 0 Å². The van der Waals surface area contributed by atoms with Gasteiger partial charge in [0.05, 0.1) is 16.1 Å². The maximum Gasteiger partial charge on any atom is 0.149 e. The molecular formula is C21H26ClN3O. The average molecular weight is 372 g/mol. The molecular weight excluding hydrogens is 346 g/mol. The van der Waals surface area contributed by atoms with Gasteiger partial charge in [0.15, 0.2) is 0 Å². The van der Waals surface area contributed by atoms with Gasteiger partial charge in [0.2, 0.25) is 0 Å². The van der Waals surface area contributed by atoms with Crippen LogP contribution in [0.25, 0.3) is 11.0 Å². The zero-order chi connectivity index (χ0) is 19.1. The van der Waals surface area contributed by atoms with E-state index < -0.39 is 0 Å². The first-order valence-corrected chi connectivity index (χ1v) is 9.40. The molecule has 0 aliphatic heterocycles. The van der Waals surface area contributed by atoms with Crippen LogP contribution in [0.2, 0.25) is 5.02 Å². The van der Waals surface area contributed by atoms with Crippen molar-refractivity contribution in [3.05, 3.63) is 46.7 Å². The number of ether oxygens (including phenoxy) is 1. The zero-order valence-electron chi connectivity index (χ0n) is 16.1. The van der Waals surface area contributed by atoms with Gasteiger partial charge in [-0.15, -0.1) is 0 Å². The molecule has 1 heterocycles. The van der Waals surface area contributed by atoms with Gasteiger partial charge in [0, 0.05) is 23.7 Å². The monoisotopic (exact) mass is 371 g/mol. The van der Waals surface area contributed by atoms with Gasteiger partial charge in [-0.1, -0.05) is 25.4 Å². The van der Waals surface area contributed by atoms with Crippen LogP contribution in [-0.4, -0.2) is 9.55 Å². The summed E-state index contributed by atoms with van der Waals surface area (Å²) in [6.07, 6.45) is 1.67. The standard InChI is InChI=1S/C21H26ClN3O/c1-6-13-10-14(23)11-16(22)20(13)26-15-8-9-17-18(12-15)25(21(3,4)5)19(7-2)24-17/h8-12H,6-7,23H2,1-5H3. The van der Waals surface area contributed by atoms with Crippen molar-refractivity contribution in [1.82, 2.24) is 9.55 Å². The normalized spacial score (nSPS) is 11.9. The summed E-state index contributed by atoms with van der Waals surface area (Å²) < 4.78 is 8.45. The van der Waals surface area contributed by atoms with Gasteiger partial charge < -0.3 is 15.0 Å². The fourth-order valence-corrected chi connectivity index (χ4v) is 3.61. The minimum absolute atomic E-state index is 0.0634. The van der Waals surface area contributed by atoms with E-state index in [4.69, 9.17) is 27.1 Å². The van der Waals surface area contributed by atoms with Crippen molar-refractivity contribution in [3.63, 3.8) is 0 Å². The lowest BCUT2D eigenvalue weighted by molar-refractivity contribution is 0.395. The van der Waals surface area contributed by atoms with Crippen LogP contribution in [-0.2, 0) is 18.4 Å². The number of aryl methyl sites for hydroxylation is 2. The number of fused-ring (bicyclic) bond motifs is 1. The van der Waals surface area contributed by atoms with Crippen molar-refractivity contribution in [2.45, 2.75) is 53.0 Å². The number of rotatable bonds is 4. The summed E-state index contributed by atoms with van der Waals surface area (Å²) in [5, 5.41) is 0.528. The first-order chi connectivity index (χ1) is 12.2. The minimum atomic E-state index is -0.0634. The molecule has 26 heavy (non-hydrogen) atoms. The number of aromatic nitrogens is 2. The van der Waals surface area contributed by atoms with E-state index in [-0.39, 0.29) is 5.54 Å². The molecule has 0 fully saturated rings. The van der Waals surface area contributed by atoms with E-state index >= 15 is 0 Å².